The third-order valence-electron chi connectivity index (χ3n) is 2.80. The second-order valence-electron chi connectivity index (χ2n) is 4.30. The Hall–Kier alpha value is -2.66. The lowest BCUT2D eigenvalue weighted by Gasteiger charge is -1.97. The molecular formula is C19H19NO. The normalized spacial score (nSPS) is 9.62. The van der Waals surface area contributed by atoms with Gasteiger partial charge in [0.25, 0.3) is 0 Å². The van der Waals surface area contributed by atoms with Crippen LogP contribution in [-0.4, -0.2) is 5.78 Å². The van der Waals surface area contributed by atoms with E-state index in [2.05, 4.69) is 6.07 Å². The molecule has 0 bridgehead atoms. The minimum Gasteiger partial charge on any atom is -0.289 e. The van der Waals surface area contributed by atoms with Gasteiger partial charge in [-0.3, -0.25) is 4.79 Å². The maximum atomic E-state index is 11.9. The molecule has 0 radical (unpaired) electrons. The summed E-state index contributed by atoms with van der Waals surface area (Å²) in [5.41, 5.74) is 3.32. The summed E-state index contributed by atoms with van der Waals surface area (Å²) in [7, 11) is 0. The molecule has 0 heterocycles. The third-order valence-corrected chi connectivity index (χ3v) is 2.80. The topological polar surface area (TPSA) is 40.9 Å². The molecule has 21 heavy (non-hydrogen) atoms. The van der Waals surface area contributed by atoms with Crippen LogP contribution in [-0.2, 0) is 0 Å². The highest BCUT2D eigenvalue weighted by atomic mass is 16.1. The molecule has 2 aromatic carbocycles. The van der Waals surface area contributed by atoms with Crippen molar-refractivity contribution in [3.8, 4) is 6.07 Å². The van der Waals surface area contributed by atoms with Gasteiger partial charge in [-0.05, 0) is 30.7 Å². The Kier molecular flexibility index (Phi) is 6.63. The van der Waals surface area contributed by atoms with Crippen LogP contribution in [0.25, 0.3) is 6.08 Å². The van der Waals surface area contributed by atoms with E-state index in [9.17, 15) is 4.79 Å². The summed E-state index contributed by atoms with van der Waals surface area (Å²) in [5, 5.41) is 8.70. The number of aryl methyl sites for hydroxylation is 1. The molecule has 2 rings (SSSR count). The van der Waals surface area contributed by atoms with E-state index in [1.165, 1.54) is 0 Å². The summed E-state index contributed by atoms with van der Waals surface area (Å²) in [4.78, 5) is 11.9. The smallest absolute Gasteiger partial charge is 0.185 e. The number of carbonyl (C=O) groups excluding carboxylic acids is 1. The number of allylic oxidation sites excluding steroid dienone is 1. The molecular weight excluding hydrogens is 258 g/mol. The van der Waals surface area contributed by atoms with Crippen LogP contribution in [0.3, 0.4) is 0 Å². The highest BCUT2D eigenvalue weighted by Crippen LogP contribution is 2.08. The van der Waals surface area contributed by atoms with E-state index in [1.807, 2.05) is 57.2 Å². The Morgan fingerprint density at radius 1 is 1.00 bits per heavy atom. The zero-order valence-electron chi connectivity index (χ0n) is 12.6. The van der Waals surface area contributed by atoms with Crippen molar-refractivity contribution in [3.63, 3.8) is 0 Å². The highest BCUT2D eigenvalue weighted by Gasteiger charge is 2.00. The molecule has 2 nitrogen and oxygen atoms in total. The molecule has 0 aliphatic heterocycles. The van der Waals surface area contributed by atoms with Crippen LogP contribution in [0.5, 0.6) is 0 Å². The average molecular weight is 277 g/mol. The minimum absolute atomic E-state index is 0.0237. The summed E-state index contributed by atoms with van der Waals surface area (Å²) in [5.74, 6) is -0.0237. The van der Waals surface area contributed by atoms with Gasteiger partial charge in [0.15, 0.2) is 5.78 Å². The van der Waals surface area contributed by atoms with Gasteiger partial charge in [-0.25, -0.2) is 0 Å². The van der Waals surface area contributed by atoms with Crippen molar-refractivity contribution in [1.29, 1.82) is 5.26 Å². The molecule has 2 aromatic rings. The lowest BCUT2D eigenvalue weighted by atomic mass is 10.1. The van der Waals surface area contributed by atoms with Crippen LogP contribution in [0.4, 0.5) is 0 Å². The monoisotopic (exact) mass is 277 g/mol. The zero-order chi connectivity index (χ0) is 15.7. The van der Waals surface area contributed by atoms with Gasteiger partial charge in [-0.15, -0.1) is 0 Å². The number of carbonyl (C=O) groups is 1. The molecule has 0 aliphatic carbocycles. The maximum absolute atomic E-state index is 11.9. The summed E-state index contributed by atoms with van der Waals surface area (Å²) < 4.78 is 0. The number of hydrogen-bond acceptors (Lipinski definition) is 2. The molecule has 0 amide bonds. The van der Waals surface area contributed by atoms with Crippen molar-refractivity contribution in [3.05, 3.63) is 76.9 Å². The molecule has 0 N–H and O–H groups in total. The molecule has 0 unspecified atom stereocenters. The first-order valence-electron chi connectivity index (χ1n) is 6.98. The molecule has 0 saturated carbocycles. The van der Waals surface area contributed by atoms with E-state index in [0.29, 0.717) is 11.1 Å². The standard InChI is InChI=1S/C17H13NO.C2H6/c1-13-2-9-16(10-3-13)17(19)11-8-14-4-6-15(12-18)7-5-14;1-2/h2-11H,1H3;1-2H3/b11-8+;. The number of rotatable bonds is 3. The Morgan fingerprint density at radius 2 is 1.57 bits per heavy atom. The van der Waals surface area contributed by atoms with Gasteiger partial charge in [0.05, 0.1) is 11.6 Å². The van der Waals surface area contributed by atoms with Crippen molar-refractivity contribution in [2.24, 2.45) is 0 Å². The van der Waals surface area contributed by atoms with Crippen molar-refractivity contribution >= 4 is 11.9 Å². The molecule has 0 spiro atoms. The van der Waals surface area contributed by atoms with Gasteiger partial charge in [-0.2, -0.15) is 5.26 Å². The van der Waals surface area contributed by atoms with Gasteiger partial charge in [-0.1, -0.05) is 61.9 Å². The Morgan fingerprint density at radius 3 is 2.10 bits per heavy atom. The lowest BCUT2D eigenvalue weighted by molar-refractivity contribution is 0.104. The first-order chi connectivity index (χ1) is 10.2. The van der Waals surface area contributed by atoms with E-state index >= 15 is 0 Å². The van der Waals surface area contributed by atoms with Crippen LogP contribution in [0.1, 0.15) is 40.9 Å². The van der Waals surface area contributed by atoms with Crippen LogP contribution in [0.15, 0.2) is 54.6 Å². The van der Waals surface area contributed by atoms with Crippen molar-refractivity contribution in [2.45, 2.75) is 20.8 Å². The lowest BCUT2D eigenvalue weighted by Crippen LogP contribution is -1.93. The van der Waals surface area contributed by atoms with Crippen LogP contribution in [0.2, 0.25) is 0 Å². The molecule has 0 saturated heterocycles. The number of ketones is 1. The van der Waals surface area contributed by atoms with E-state index in [0.717, 1.165) is 11.1 Å². The predicted octanol–water partition coefficient (Wildman–Crippen LogP) is 4.79. The largest absolute Gasteiger partial charge is 0.289 e. The van der Waals surface area contributed by atoms with E-state index < -0.39 is 0 Å². The number of nitrogens with zero attached hydrogens (tertiary/aromatic N) is 1. The first-order valence-corrected chi connectivity index (χ1v) is 6.98. The van der Waals surface area contributed by atoms with Gasteiger partial charge >= 0.3 is 0 Å². The van der Waals surface area contributed by atoms with Gasteiger partial charge < -0.3 is 0 Å². The SMILES string of the molecule is CC.Cc1ccc(C(=O)/C=C/c2ccc(C#N)cc2)cc1. The summed E-state index contributed by atoms with van der Waals surface area (Å²) in [6.07, 6.45) is 3.30. The summed E-state index contributed by atoms with van der Waals surface area (Å²) >= 11 is 0. The Balaban J connectivity index is 0.00000106. The van der Waals surface area contributed by atoms with Crippen LogP contribution in [0, 0.1) is 18.3 Å². The van der Waals surface area contributed by atoms with E-state index in [1.54, 1.807) is 24.3 Å². The Bertz CT molecular complexity index is 643. The van der Waals surface area contributed by atoms with Gasteiger partial charge in [0, 0.05) is 5.56 Å². The van der Waals surface area contributed by atoms with Gasteiger partial charge in [0.2, 0.25) is 0 Å². The summed E-state index contributed by atoms with van der Waals surface area (Å²) in [6.45, 7) is 5.99. The molecule has 0 aliphatic rings. The molecule has 0 aromatic heterocycles. The summed E-state index contributed by atoms with van der Waals surface area (Å²) in [6, 6.07) is 16.6. The van der Waals surface area contributed by atoms with Crippen LogP contribution < -0.4 is 0 Å². The predicted molar refractivity (Wildman–Crippen MR) is 87.0 cm³/mol. The van der Waals surface area contributed by atoms with Crippen LogP contribution >= 0.6 is 0 Å². The first kappa shape index (κ1) is 16.4. The minimum atomic E-state index is -0.0237. The maximum Gasteiger partial charge on any atom is 0.185 e. The number of benzene rings is 2. The third kappa shape index (κ3) is 5.08. The second kappa shape index (κ2) is 8.50. The number of nitriles is 1. The highest BCUT2D eigenvalue weighted by molar-refractivity contribution is 6.06. The molecule has 0 fully saturated rings. The quantitative estimate of drug-likeness (QED) is 0.598. The second-order valence-corrected chi connectivity index (χ2v) is 4.30. The van der Waals surface area contributed by atoms with E-state index in [-0.39, 0.29) is 5.78 Å². The Labute approximate surface area is 126 Å². The molecule has 2 heteroatoms. The van der Waals surface area contributed by atoms with E-state index in [4.69, 9.17) is 5.26 Å². The molecule has 106 valence electrons. The fourth-order valence-electron chi connectivity index (χ4n) is 1.65. The van der Waals surface area contributed by atoms with Crippen molar-refractivity contribution in [2.75, 3.05) is 0 Å². The molecule has 0 atom stereocenters. The van der Waals surface area contributed by atoms with Gasteiger partial charge in [0.1, 0.15) is 0 Å². The van der Waals surface area contributed by atoms with Crippen molar-refractivity contribution < 1.29 is 4.79 Å². The fraction of sp³-hybridized carbons (Fsp3) is 0.158. The fourth-order valence-corrected chi connectivity index (χ4v) is 1.65. The average Bonchev–Trinajstić information content (AvgIpc) is 2.55. The number of hydrogen-bond donors (Lipinski definition) is 0. The van der Waals surface area contributed by atoms with Crippen molar-refractivity contribution in [1.82, 2.24) is 0 Å². The zero-order valence-corrected chi connectivity index (χ0v) is 12.6.